The van der Waals surface area contributed by atoms with Gasteiger partial charge in [-0.1, -0.05) is 84.7 Å². The monoisotopic (exact) mass is 669 g/mol. The summed E-state index contributed by atoms with van der Waals surface area (Å²) in [5.74, 6) is -1.61. The zero-order valence-electron chi connectivity index (χ0n) is 24.9. The van der Waals surface area contributed by atoms with E-state index >= 15 is 0 Å². The van der Waals surface area contributed by atoms with Crippen molar-refractivity contribution in [1.82, 2.24) is 10.2 Å². The van der Waals surface area contributed by atoms with Gasteiger partial charge >= 0.3 is 0 Å². The van der Waals surface area contributed by atoms with Crippen molar-refractivity contribution in [2.24, 2.45) is 0 Å². The lowest BCUT2D eigenvalue weighted by atomic mass is 10.0. The summed E-state index contributed by atoms with van der Waals surface area (Å²) in [6.07, 6.45) is 0.842. The van der Waals surface area contributed by atoms with Gasteiger partial charge in [-0.25, -0.2) is 12.8 Å². The fraction of sp³-hybridized carbons (Fsp3) is 0.235. The first-order chi connectivity index (χ1) is 21.5. The van der Waals surface area contributed by atoms with Crippen LogP contribution in [0.2, 0.25) is 10.0 Å². The highest BCUT2D eigenvalue weighted by Gasteiger charge is 2.35. The van der Waals surface area contributed by atoms with Crippen LogP contribution in [0.25, 0.3) is 0 Å². The van der Waals surface area contributed by atoms with Gasteiger partial charge < -0.3 is 10.2 Å². The molecule has 0 saturated carbocycles. The van der Waals surface area contributed by atoms with Gasteiger partial charge in [-0.2, -0.15) is 0 Å². The fourth-order valence-corrected chi connectivity index (χ4v) is 6.42. The number of hydrogen-bond acceptors (Lipinski definition) is 4. The Labute approximate surface area is 273 Å². The summed E-state index contributed by atoms with van der Waals surface area (Å²) < 4.78 is 42.6. The Morgan fingerprint density at radius 2 is 1.47 bits per heavy atom. The average Bonchev–Trinajstić information content (AvgIpc) is 3.04. The van der Waals surface area contributed by atoms with Crippen LogP contribution in [-0.4, -0.2) is 43.8 Å². The zero-order chi connectivity index (χ0) is 32.6. The van der Waals surface area contributed by atoms with Gasteiger partial charge in [-0.05, 0) is 73.0 Å². The highest BCUT2D eigenvalue weighted by Crippen LogP contribution is 2.27. The molecule has 11 heteroatoms. The summed E-state index contributed by atoms with van der Waals surface area (Å²) in [5.41, 5.74) is 1.64. The number of benzene rings is 4. The van der Waals surface area contributed by atoms with E-state index in [0.29, 0.717) is 17.0 Å². The minimum absolute atomic E-state index is 0.0552. The first-order valence-electron chi connectivity index (χ1n) is 14.4. The van der Waals surface area contributed by atoms with Crippen molar-refractivity contribution in [2.45, 2.75) is 50.2 Å². The van der Waals surface area contributed by atoms with Gasteiger partial charge in [0.05, 0.1) is 20.6 Å². The van der Waals surface area contributed by atoms with E-state index in [9.17, 15) is 22.4 Å². The van der Waals surface area contributed by atoms with Crippen LogP contribution in [0.3, 0.4) is 0 Å². The minimum atomic E-state index is -4.33. The third kappa shape index (κ3) is 8.84. The first-order valence-corrected chi connectivity index (χ1v) is 16.6. The lowest BCUT2D eigenvalue weighted by molar-refractivity contribution is -0.140. The number of hydrogen-bond donors (Lipinski definition) is 1. The summed E-state index contributed by atoms with van der Waals surface area (Å²) in [5, 5.41) is 3.59. The lowest BCUT2D eigenvalue weighted by Crippen LogP contribution is -2.54. The quantitative estimate of drug-likeness (QED) is 0.168. The number of carbonyl (C=O) groups excluding carboxylic acids is 2. The fourth-order valence-electron chi connectivity index (χ4n) is 4.69. The molecule has 4 aromatic rings. The Morgan fingerprint density at radius 3 is 2.07 bits per heavy atom. The largest absolute Gasteiger partial charge is 0.352 e. The number of amides is 2. The highest BCUT2D eigenvalue weighted by atomic mass is 35.5. The molecule has 4 rings (SSSR count). The second kappa shape index (κ2) is 15.4. The lowest BCUT2D eigenvalue weighted by Gasteiger charge is -2.34. The topological polar surface area (TPSA) is 86.8 Å². The summed E-state index contributed by atoms with van der Waals surface area (Å²) in [6, 6.07) is 25.5. The molecule has 0 aliphatic rings. The van der Waals surface area contributed by atoms with E-state index in [4.69, 9.17) is 23.2 Å². The van der Waals surface area contributed by atoms with Crippen molar-refractivity contribution in [1.29, 1.82) is 0 Å². The smallest absolute Gasteiger partial charge is 0.264 e. The predicted octanol–water partition coefficient (Wildman–Crippen LogP) is 6.88. The number of anilines is 1. The molecule has 0 aromatic heterocycles. The van der Waals surface area contributed by atoms with E-state index in [2.05, 4.69) is 5.32 Å². The van der Waals surface area contributed by atoms with Crippen molar-refractivity contribution < 1.29 is 22.4 Å². The maximum Gasteiger partial charge on any atom is 0.264 e. The predicted molar refractivity (Wildman–Crippen MR) is 176 cm³/mol. The number of nitrogens with zero attached hydrogens (tertiary/aromatic N) is 2. The molecule has 1 N–H and O–H groups in total. The molecule has 236 valence electrons. The van der Waals surface area contributed by atoms with Gasteiger partial charge in [0.15, 0.2) is 0 Å². The zero-order valence-corrected chi connectivity index (χ0v) is 27.2. The summed E-state index contributed by atoms with van der Waals surface area (Å²) in [6.45, 7) is 3.12. The van der Waals surface area contributed by atoms with Crippen LogP contribution in [0.1, 0.15) is 31.4 Å². The molecule has 7 nitrogen and oxygen atoms in total. The van der Waals surface area contributed by atoms with Gasteiger partial charge in [-0.15, -0.1) is 0 Å². The van der Waals surface area contributed by atoms with E-state index in [1.54, 1.807) is 48.5 Å². The van der Waals surface area contributed by atoms with E-state index in [-0.39, 0.29) is 40.5 Å². The van der Waals surface area contributed by atoms with Crippen LogP contribution < -0.4 is 9.62 Å². The van der Waals surface area contributed by atoms with Gasteiger partial charge in [0.2, 0.25) is 11.8 Å². The Kier molecular flexibility index (Phi) is 11.6. The van der Waals surface area contributed by atoms with Crippen LogP contribution in [0.5, 0.6) is 0 Å². The van der Waals surface area contributed by atoms with Gasteiger partial charge in [0, 0.05) is 19.0 Å². The summed E-state index contributed by atoms with van der Waals surface area (Å²) in [4.78, 5) is 29.5. The average molecular weight is 671 g/mol. The molecule has 0 spiro atoms. The number of sulfonamides is 1. The van der Waals surface area contributed by atoms with Crippen LogP contribution in [0.4, 0.5) is 10.1 Å². The maximum atomic E-state index is 14.4. The molecule has 2 amide bonds. The van der Waals surface area contributed by atoms with Crippen molar-refractivity contribution in [3.05, 3.63) is 130 Å². The van der Waals surface area contributed by atoms with Crippen molar-refractivity contribution in [2.75, 3.05) is 10.8 Å². The molecule has 0 heterocycles. The van der Waals surface area contributed by atoms with E-state index in [1.165, 1.54) is 4.90 Å². The molecular weight excluding hydrogens is 636 g/mol. The Hall–Kier alpha value is -3.92. The third-order valence-electron chi connectivity index (χ3n) is 7.33. The number of nitrogens with one attached hydrogen (secondary N) is 1. The summed E-state index contributed by atoms with van der Waals surface area (Å²) >= 11 is 12.5. The number of rotatable bonds is 13. The van der Waals surface area contributed by atoms with Crippen LogP contribution in [-0.2, 0) is 32.6 Å². The third-order valence-corrected chi connectivity index (χ3v) is 9.86. The van der Waals surface area contributed by atoms with Crippen LogP contribution in [0.15, 0.2) is 108 Å². The molecule has 0 saturated heterocycles. The Morgan fingerprint density at radius 1 is 0.844 bits per heavy atom. The van der Waals surface area contributed by atoms with Gasteiger partial charge in [0.25, 0.3) is 10.0 Å². The van der Waals surface area contributed by atoms with E-state index in [1.807, 2.05) is 44.2 Å². The van der Waals surface area contributed by atoms with Crippen LogP contribution in [0, 0.1) is 5.82 Å². The van der Waals surface area contributed by atoms with E-state index in [0.717, 1.165) is 34.1 Å². The molecule has 2 atom stereocenters. The molecule has 0 bridgehead atoms. The molecular formula is C34H34Cl2FN3O4S. The molecule has 0 fully saturated rings. The van der Waals surface area contributed by atoms with Crippen molar-refractivity contribution in [3.8, 4) is 0 Å². The second-order valence-electron chi connectivity index (χ2n) is 10.6. The number of carbonyl (C=O) groups is 2. The molecule has 4 aromatic carbocycles. The molecule has 0 unspecified atom stereocenters. The minimum Gasteiger partial charge on any atom is -0.352 e. The number of para-hydroxylation sites is 1. The van der Waals surface area contributed by atoms with Gasteiger partial charge in [-0.3, -0.25) is 13.9 Å². The maximum absolute atomic E-state index is 14.4. The SMILES string of the molecule is CC[C@@H](C)NC(=O)[C@H](Cc1ccccc1)N(Cc1ccc(Cl)c(Cl)c1)C(=O)CN(c1ccccc1)S(=O)(=O)c1ccc(F)cc1. The first kappa shape index (κ1) is 34.0. The number of halogens is 3. The second-order valence-corrected chi connectivity index (χ2v) is 13.3. The molecule has 45 heavy (non-hydrogen) atoms. The highest BCUT2D eigenvalue weighted by molar-refractivity contribution is 7.92. The normalized spacial score (nSPS) is 12.6. The molecule has 0 radical (unpaired) electrons. The molecule has 0 aliphatic carbocycles. The molecule has 0 aliphatic heterocycles. The van der Waals surface area contributed by atoms with Crippen LogP contribution >= 0.6 is 23.2 Å². The Bertz CT molecular complexity index is 1710. The van der Waals surface area contributed by atoms with Gasteiger partial charge in [0.1, 0.15) is 18.4 Å². The van der Waals surface area contributed by atoms with E-state index < -0.39 is 34.3 Å². The summed E-state index contributed by atoms with van der Waals surface area (Å²) in [7, 11) is -4.33. The standard InChI is InChI=1S/C34H34Cl2FN3O4S/c1-3-24(2)38-34(42)32(21-25-10-6-4-7-11-25)39(22-26-14-19-30(35)31(36)20-26)33(41)23-40(28-12-8-5-9-13-28)45(43,44)29-17-15-27(37)16-18-29/h4-20,24,32H,3,21-23H2,1-2H3,(H,38,42)/t24-,32+/m1/s1. The van der Waals surface area contributed by atoms with Crippen molar-refractivity contribution >= 4 is 50.7 Å². The van der Waals surface area contributed by atoms with Crippen molar-refractivity contribution in [3.63, 3.8) is 0 Å². The Balaban J connectivity index is 1.80.